The van der Waals surface area contributed by atoms with Gasteiger partial charge in [-0.15, -0.1) is 5.10 Å². The number of halogens is 3. The maximum atomic E-state index is 12.7. The molecule has 0 saturated heterocycles. The van der Waals surface area contributed by atoms with E-state index in [1.807, 2.05) is 0 Å². The van der Waals surface area contributed by atoms with E-state index in [-0.39, 0.29) is 5.56 Å². The number of tetrazole rings is 1. The third-order valence-electron chi connectivity index (χ3n) is 3.65. The first-order chi connectivity index (χ1) is 12.8. The van der Waals surface area contributed by atoms with Gasteiger partial charge in [-0.05, 0) is 53.2 Å². The molecule has 0 unspecified atom stereocenters. The quantitative estimate of drug-likeness (QED) is 0.562. The van der Waals surface area contributed by atoms with E-state index in [9.17, 15) is 18.0 Å². The van der Waals surface area contributed by atoms with Gasteiger partial charge in [-0.2, -0.15) is 18.3 Å². The number of amides is 1. The Bertz CT molecular complexity index is 982. The van der Waals surface area contributed by atoms with Gasteiger partial charge in [0.05, 0.1) is 17.0 Å². The second-order valence-electron chi connectivity index (χ2n) is 5.52. The van der Waals surface area contributed by atoms with Crippen molar-refractivity contribution in [2.75, 3.05) is 0 Å². The van der Waals surface area contributed by atoms with Gasteiger partial charge in [-0.3, -0.25) is 4.79 Å². The average Bonchev–Trinajstić information content (AvgIpc) is 3.20. The second kappa shape index (κ2) is 7.36. The molecule has 0 saturated carbocycles. The lowest BCUT2D eigenvalue weighted by Gasteiger charge is -2.08. The van der Waals surface area contributed by atoms with E-state index in [4.69, 9.17) is 0 Å². The Morgan fingerprint density at radius 1 is 1.11 bits per heavy atom. The number of hydrogen-bond donors (Lipinski definition) is 1. The minimum Gasteiger partial charge on any atom is -0.267 e. The van der Waals surface area contributed by atoms with Crippen molar-refractivity contribution >= 4 is 11.6 Å². The predicted molar refractivity (Wildman–Crippen MR) is 90.3 cm³/mol. The number of nitrogens with one attached hydrogen (secondary N) is 1. The molecular weight excluding hydrogens is 361 g/mol. The van der Waals surface area contributed by atoms with Crippen LogP contribution in [0.15, 0.2) is 60.0 Å². The molecule has 1 heterocycles. The number of carbonyl (C=O) groups excluding carboxylic acids is 1. The molecule has 0 atom stereocenters. The molecule has 7 nitrogen and oxygen atoms in total. The standard InChI is InChI=1S/C17H13F3N6O/c1-11(12-4-3-7-15(9-12)26-10-21-24-25-26)22-23-16(27)13-5-2-6-14(8-13)17(18,19)20/h2-10H,1H3,(H,23,27)/b22-11+. The van der Waals surface area contributed by atoms with Gasteiger partial charge in [0.15, 0.2) is 0 Å². The van der Waals surface area contributed by atoms with Crippen LogP contribution in [0.3, 0.4) is 0 Å². The molecule has 2 aromatic carbocycles. The number of benzene rings is 2. The number of alkyl halides is 3. The highest BCUT2D eigenvalue weighted by Crippen LogP contribution is 2.29. The molecular formula is C17H13F3N6O. The van der Waals surface area contributed by atoms with Gasteiger partial charge >= 0.3 is 6.18 Å². The zero-order chi connectivity index (χ0) is 19.4. The molecule has 0 bridgehead atoms. The number of hydrogen-bond acceptors (Lipinski definition) is 5. The lowest BCUT2D eigenvalue weighted by Crippen LogP contribution is -2.20. The van der Waals surface area contributed by atoms with Crippen molar-refractivity contribution in [3.8, 4) is 5.69 Å². The molecule has 0 aliphatic rings. The highest BCUT2D eigenvalue weighted by atomic mass is 19.4. The summed E-state index contributed by atoms with van der Waals surface area (Å²) in [6, 6.07) is 11.2. The molecule has 1 N–H and O–H groups in total. The Morgan fingerprint density at radius 2 is 1.85 bits per heavy atom. The van der Waals surface area contributed by atoms with Crippen LogP contribution in [0, 0.1) is 0 Å². The maximum absolute atomic E-state index is 12.7. The van der Waals surface area contributed by atoms with Gasteiger partial charge in [0, 0.05) is 5.56 Å². The lowest BCUT2D eigenvalue weighted by molar-refractivity contribution is -0.137. The predicted octanol–water partition coefficient (Wildman–Crippen LogP) is 2.84. The summed E-state index contributed by atoms with van der Waals surface area (Å²) in [4.78, 5) is 12.1. The van der Waals surface area contributed by atoms with Gasteiger partial charge in [0.2, 0.25) is 0 Å². The molecule has 0 fully saturated rings. The topological polar surface area (TPSA) is 85.1 Å². The molecule has 1 aromatic heterocycles. The van der Waals surface area contributed by atoms with Gasteiger partial charge in [0.25, 0.3) is 5.91 Å². The summed E-state index contributed by atoms with van der Waals surface area (Å²) < 4.78 is 39.7. The molecule has 27 heavy (non-hydrogen) atoms. The van der Waals surface area contributed by atoms with Crippen LogP contribution in [0.5, 0.6) is 0 Å². The van der Waals surface area contributed by atoms with Crippen molar-refractivity contribution in [3.05, 3.63) is 71.5 Å². The fourth-order valence-electron chi connectivity index (χ4n) is 2.25. The van der Waals surface area contributed by atoms with E-state index < -0.39 is 17.6 Å². The van der Waals surface area contributed by atoms with Crippen molar-refractivity contribution in [1.82, 2.24) is 25.6 Å². The zero-order valence-electron chi connectivity index (χ0n) is 14.0. The normalized spacial score (nSPS) is 12.1. The molecule has 3 aromatic rings. The van der Waals surface area contributed by atoms with Crippen LogP contribution in [0.4, 0.5) is 13.2 Å². The molecule has 0 aliphatic carbocycles. The van der Waals surface area contributed by atoms with E-state index in [1.54, 1.807) is 31.2 Å². The summed E-state index contributed by atoms with van der Waals surface area (Å²) in [6.45, 7) is 1.66. The summed E-state index contributed by atoms with van der Waals surface area (Å²) >= 11 is 0. The highest BCUT2D eigenvalue weighted by molar-refractivity contribution is 6.01. The van der Waals surface area contributed by atoms with Crippen molar-refractivity contribution in [1.29, 1.82) is 0 Å². The molecule has 0 aliphatic heterocycles. The van der Waals surface area contributed by atoms with E-state index in [1.165, 1.54) is 23.1 Å². The minimum atomic E-state index is -4.52. The number of aromatic nitrogens is 4. The monoisotopic (exact) mass is 374 g/mol. The van der Waals surface area contributed by atoms with Crippen molar-refractivity contribution < 1.29 is 18.0 Å². The van der Waals surface area contributed by atoms with Crippen LogP contribution in [-0.2, 0) is 6.18 Å². The molecule has 0 radical (unpaired) electrons. The number of carbonyl (C=O) groups is 1. The summed E-state index contributed by atoms with van der Waals surface area (Å²) in [6.07, 6.45) is -3.09. The Hall–Kier alpha value is -3.56. The average molecular weight is 374 g/mol. The first-order valence-electron chi connectivity index (χ1n) is 7.70. The maximum Gasteiger partial charge on any atom is 0.416 e. The minimum absolute atomic E-state index is 0.135. The van der Waals surface area contributed by atoms with Gasteiger partial charge < -0.3 is 0 Å². The number of rotatable bonds is 4. The third-order valence-corrected chi connectivity index (χ3v) is 3.65. The van der Waals surface area contributed by atoms with Crippen LogP contribution in [0.1, 0.15) is 28.4 Å². The van der Waals surface area contributed by atoms with Crippen molar-refractivity contribution in [2.45, 2.75) is 13.1 Å². The SMILES string of the molecule is C/C(=N\NC(=O)c1cccc(C(F)(F)F)c1)c1cccc(-n2cnnn2)c1. The summed E-state index contributed by atoms with van der Waals surface area (Å²) in [5.74, 6) is -0.739. The van der Waals surface area contributed by atoms with Crippen molar-refractivity contribution in [2.24, 2.45) is 5.10 Å². The van der Waals surface area contributed by atoms with E-state index >= 15 is 0 Å². The number of hydrazone groups is 1. The van der Waals surface area contributed by atoms with Crippen LogP contribution < -0.4 is 5.43 Å². The zero-order valence-corrected chi connectivity index (χ0v) is 14.0. The molecule has 3 rings (SSSR count). The largest absolute Gasteiger partial charge is 0.416 e. The summed E-state index contributed by atoms with van der Waals surface area (Å²) in [5.41, 5.74) is 3.07. The van der Waals surface area contributed by atoms with E-state index in [0.717, 1.165) is 12.1 Å². The second-order valence-corrected chi connectivity index (χ2v) is 5.52. The molecule has 0 spiro atoms. The number of nitrogens with zero attached hydrogens (tertiary/aromatic N) is 5. The van der Waals surface area contributed by atoms with Crippen molar-refractivity contribution in [3.63, 3.8) is 0 Å². The van der Waals surface area contributed by atoms with Crippen LogP contribution >= 0.6 is 0 Å². The smallest absolute Gasteiger partial charge is 0.267 e. The molecule has 10 heteroatoms. The van der Waals surface area contributed by atoms with E-state index in [2.05, 4.69) is 26.1 Å². The van der Waals surface area contributed by atoms with E-state index in [0.29, 0.717) is 17.0 Å². The molecule has 1 amide bonds. The van der Waals surface area contributed by atoms with Gasteiger partial charge in [-0.1, -0.05) is 18.2 Å². The van der Waals surface area contributed by atoms with Gasteiger partial charge in [-0.25, -0.2) is 10.1 Å². The Labute approximate surface area is 151 Å². The summed E-state index contributed by atoms with van der Waals surface area (Å²) in [7, 11) is 0. The van der Waals surface area contributed by atoms with Gasteiger partial charge in [0.1, 0.15) is 6.33 Å². The third kappa shape index (κ3) is 4.35. The van der Waals surface area contributed by atoms with Crippen LogP contribution in [0.25, 0.3) is 5.69 Å². The lowest BCUT2D eigenvalue weighted by atomic mass is 10.1. The van der Waals surface area contributed by atoms with Crippen LogP contribution in [0.2, 0.25) is 0 Å². The Morgan fingerprint density at radius 3 is 2.56 bits per heavy atom. The Kier molecular flexibility index (Phi) is 4.97. The fourth-order valence-corrected chi connectivity index (χ4v) is 2.25. The first kappa shape index (κ1) is 18.2. The summed E-state index contributed by atoms with van der Waals surface area (Å²) in [5, 5.41) is 14.9. The first-order valence-corrected chi connectivity index (χ1v) is 7.70. The molecule has 138 valence electrons. The fraction of sp³-hybridized carbons (Fsp3) is 0.118. The highest BCUT2D eigenvalue weighted by Gasteiger charge is 2.30. The Balaban J connectivity index is 1.76. The van der Waals surface area contributed by atoms with Crippen LogP contribution in [-0.4, -0.2) is 31.8 Å².